The minimum Gasteiger partial charge on any atom is -0.507 e. The van der Waals surface area contributed by atoms with Crippen LogP contribution in [0.15, 0.2) is 60.7 Å². The Hall–Kier alpha value is -3.80. The molecule has 0 atom stereocenters. The van der Waals surface area contributed by atoms with Crippen LogP contribution in [0.5, 0.6) is 17.2 Å². The number of benzene rings is 3. The van der Waals surface area contributed by atoms with Crippen LogP contribution in [0, 0.1) is 0 Å². The zero-order valence-electron chi connectivity index (χ0n) is 20.3. The number of hydrogen-bond donors (Lipinski definition) is 2. The van der Waals surface area contributed by atoms with E-state index in [9.17, 15) is 14.7 Å². The molecule has 6 nitrogen and oxygen atoms in total. The van der Waals surface area contributed by atoms with Gasteiger partial charge in [-0.25, -0.2) is 0 Å². The van der Waals surface area contributed by atoms with Crippen molar-refractivity contribution in [3.05, 3.63) is 82.9 Å². The van der Waals surface area contributed by atoms with Gasteiger partial charge in [0.25, 0.3) is 11.7 Å². The van der Waals surface area contributed by atoms with Gasteiger partial charge in [-0.15, -0.1) is 0 Å². The molecule has 0 aromatic heterocycles. The number of Topliss-reactive ketones (excluding diaryl/α,β-unsaturated/α-hetero) is 1. The number of amides is 1. The quantitative estimate of drug-likeness (QED) is 0.351. The first-order valence-electron chi connectivity index (χ1n) is 11.1. The van der Waals surface area contributed by atoms with Gasteiger partial charge in [0, 0.05) is 5.69 Å². The summed E-state index contributed by atoms with van der Waals surface area (Å²) < 4.78 is 10.6. The molecular formula is C28H31NO5. The van der Waals surface area contributed by atoms with Gasteiger partial charge in [-0.05, 0) is 65.3 Å². The predicted octanol–water partition coefficient (Wildman–Crippen LogP) is 5.31. The molecule has 0 saturated carbocycles. The van der Waals surface area contributed by atoms with Crippen molar-refractivity contribution in [2.24, 2.45) is 0 Å². The molecule has 0 spiro atoms. The third-order valence-electron chi connectivity index (χ3n) is 5.66. The van der Waals surface area contributed by atoms with Gasteiger partial charge >= 0.3 is 0 Å². The van der Waals surface area contributed by atoms with Crippen LogP contribution in [0.3, 0.4) is 0 Å². The number of phenols is 1. The van der Waals surface area contributed by atoms with E-state index in [1.807, 2.05) is 51.1 Å². The second-order valence-electron chi connectivity index (χ2n) is 9.12. The zero-order valence-corrected chi connectivity index (χ0v) is 20.3. The van der Waals surface area contributed by atoms with Crippen LogP contribution in [0.1, 0.15) is 47.8 Å². The summed E-state index contributed by atoms with van der Waals surface area (Å²) in [6, 6.07) is 18.1. The number of carbonyl (C=O) groups excluding carboxylic acids is 2. The summed E-state index contributed by atoms with van der Waals surface area (Å²) in [6.07, 6.45) is 1.62. The molecule has 6 heteroatoms. The lowest BCUT2D eigenvalue weighted by Crippen LogP contribution is -2.23. The van der Waals surface area contributed by atoms with Crippen molar-refractivity contribution in [1.29, 1.82) is 0 Å². The van der Waals surface area contributed by atoms with Gasteiger partial charge in [-0.1, -0.05) is 51.1 Å². The molecule has 0 fully saturated rings. The molecule has 3 aromatic carbocycles. The molecule has 0 aliphatic rings. The maximum Gasteiger partial charge on any atom is 0.296 e. The van der Waals surface area contributed by atoms with E-state index in [1.165, 1.54) is 6.07 Å². The number of para-hydroxylation sites is 1. The second-order valence-corrected chi connectivity index (χ2v) is 9.12. The molecule has 0 aliphatic heterocycles. The Labute approximate surface area is 200 Å². The third kappa shape index (κ3) is 5.76. The van der Waals surface area contributed by atoms with Crippen LogP contribution < -0.4 is 14.8 Å². The van der Waals surface area contributed by atoms with Crippen molar-refractivity contribution in [2.45, 2.75) is 39.0 Å². The van der Waals surface area contributed by atoms with Crippen LogP contribution in [0.2, 0.25) is 0 Å². The van der Waals surface area contributed by atoms with Gasteiger partial charge in [0.1, 0.15) is 5.75 Å². The van der Waals surface area contributed by atoms with E-state index in [-0.39, 0.29) is 16.7 Å². The Morgan fingerprint density at radius 2 is 1.47 bits per heavy atom. The monoisotopic (exact) mass is 461 g/mol. The minimum absolute atomic E-state index is 0.00327. The molecular weight excluding hydrogens is 430 g/mol. The highest BCUT2D eigenvalue weighted by Gasteiger charge is 2.25. The number of carbonyl (C=O) groups is 2. The van der Waals surface area contributed by atoms with Gasteiger partial charge in [-0.3, -0.25) is 9.59 Å². The van der Waals surface area contributed by atoms with Crippen LogP contribution in [0.25, 0.3) is 0 Å². The number of aromatic hydroxyl groups is 1. The Bertz CT molecular complexity index is 1180. The van der Waals surface area contributed by atoms with Crippen molar-refractivity contribution in [3.8, 4) is 17.2 Å². The van der Waals surface area contributed by atoms with E-state index >= 15 is 0 Å². The summed E-state index contributed by atoms with van der Waals surface area (Å²) >= 11 is 0. The fourth-order valence-electron chi connectivity index (χ4n) is 3.72. The largest absolute Gasteiger partial charge is 0.507 e. The number of methoxy groups -OCH3 is 2. The smallest absolute Gasteiger partial charge is 0.296 e. The van der Waals surface area contributed by atoms with E-state index in [0.29, 0.717) is 22.7 Å². The van der Waals surface area contributed by atoms with Crippen molar-refractivity contribution in [2.75, 3.05) is 19.5 Å². The summed E-state index contributed by atoms with van der Waals surface area (Å²) in [6.45, 7) is 5.80. The Kier molecular flexibility index (Phi) is 7.61. The maximum absolute atomic E-state index is 12.7. The first kappa shape index (κ1) is 24.8. The highest BCUT2D eigenvalue weighted by atomic mass is 16.5. The SMILES string of the molecule is COc1ccc(CCc2ccc(NC(=O)C(=O)c3cccc(C(C)(C)C)c3O)cc2)cc1OC. The molecule has 3 rings (SSSR count). The second kappa shape index (κ2) is 10.4. The Balaban J connectivity index is 1.64. The molecule has 1 amide bonds. The lowest BCUT2D eigenvalue weighted by molar-refractivity contribution is -0.112. The molecule has 0 bridgehead atoms. The molecule has 178 valence electrons. The maximum atomic E-state index is 12.7. The number of hydrogen-bond acceptors (Lipinski definition) is 5. The summed E-state index contributed by atoms with van der Waals surface area (Å²) in [5.41, 5.74) is 2.98. The molecule has 0 heterocycles. The average molecular weight is 462 g/mol. The number of anilines is 1. The number of phenolic OH excluding ortho intramolecular Hbond substituents is 1. The van der Waals surface area contributed by atoms with Gasteiger partial charge in [0.15, 0.2) is 11.5 Å². The fourth-order valence-corrected chi connectivity index (χ4v) is 3.72. The predicted molar refractivity (Wildman–Crippen MR) is 133 cm³/mol. The van der Waals surface area contributed by atoms with Crippen LogP contribution in [0.4, 0.5) is 5.69 Å². The number of rotatable bonds is 8. The lowest BCUT2D eigenvalue weighted by Gasteiger charge is -2.21. The molecule has 0 saturated heterocycles. The van der Waals surface area contributed by atoms with Crippen molar-refractivity contribution in [3.63, 3.8) is 0 Å². The van der Waals surface area contributed by atoms with Gasteiger partial charge in [-0.2, -0.15) is 0 Å². The Morgan fingerprint density at radius 3 is 2.09 bits per heavy atom. The molecule has 0 aliphatic carbocycles. The standard InChI is InChI=1S/C28H31NO5/c1-28(2,3)22-8-6-7-21(25(22)30)26(31)27(32)29-20-14-11-18(12-15-20)9-10-19-13-16-23(33-4)24(17-19)34-5/h6-8,11-17,30H,9-10H2,1-5H3,(H,29,32). The van der Waals surface area contributed by atoms with Gasteiger partial charge < -0.3 is 19.9 Å². The molecule has 2 N–H and O–H groups in total. The number of ether oxygens (including phenoxy) is 2. The molecule has 34 heavy (non-hydrogen) atoms. The fraction of sp³-hybridized carbons (Fsp3) is 0.286. The van der Waals surface area contributed by atoms with E-state index in [0.717, 1.165) is 24.0 Å². The molecule has 0 unspecified atom stereocenters. The van der Waals surface area contributed by atoms with Crippen LogP contribution in [-0.2, 0) is 23.1 Å². The molecule has 0 radical (unpaired) electrons. The topological polar surface area (TPSA) is 84.9 Å². The highest BCUT2D eigenvalue weighted by Crippen LogP contribution is 2.33. The van der Waals surface area contributed by atoms with Crippen molar-refractivity contribution < 1.29 is 24.2 Å². The van der Waals surface area contributed by atoms with Crippen molar-refractivity contribution in [1.82, 2.24) is 0 Å². The van der Waals surface area contributed by atoms with E-state index in [1.54, 1.807) is 38.5 Å². The average Bonchev–Trinajstić information content (AvgIpc) is 2.82. The van der Waals surface area contributed by atoms with Gasteiger partial charge in [0.05, 0.1) is 19.8 Å². The number of ketones is 1. The van der Waals surface area contributed by atoms with E-state index in [2.05, 4.69) is 5.32 Å². The summed E-state index contributed by atoms with van der Waals surface area (Å²) in [5, 5.41) is 13.2. The minimum atomic E-state index is -0.792. The van der Waals surface area contributed by atoms with Crippen LogP contribution in [-0.4, -0.2) is 31.0 Å². The van der Waals surface area contributed by atoms with E-state index in [4.69, 9.17) is 9.47 Å². The van der Waals surface area contributed by atoms with Gasteiger partial charge in [0.2, 0.25) is 0 Å². The first-order chi connectivity index (χ1) is 16.1. The number of aryl methyl sites for hydroxylation is 2. The first-order valence-corrected chi connectivity index (χ1v) is 11.1. The lowest BCUT2D eigenvalue weighted by atomic mass is 9.84. The summed E-state index contributed by atoms with van der Waals surface area (Å²) in [7, 11) is 3.22. The highest BCUT2D eigenvalue weighted by molar-refractivity contribution is 6.47. The van der Waals surface area contributed by atoms with Crippen LogP contribution >= 0.6 is 0 Å². The molecule has 3 aromatic rings. The Morgan fingerprint density at radius 1 is 0.853 bits per heavy atom. The van der Waals surface area contributed by atoms with E-state index < -0.39 is 11.7 Å². The third-order valence-corrected chi connectivity index (χ3v) is 5.66. The summed E-state index contributed by atoms with van der Waals surface area (Å²) in [5.74, 6) is -0.331. The normalized spacial score (nSPS) is 11.1. The zero-order chi connectivity index (χ0) is 24.9. The number of nitrogens with one attached hydrogen (secondary N) is 1. The summed E-state index contributed by atoms with van der Waals surface area (Å²) in [4.78, 5) is 25.2. The van der Waals surface area contributed by atoms with Crippen molar-refractivity contribution >= 4 is 17.4 Å².